The van der Waals surface area contributed by atoms with E-state index in [0.717, 1.165) is 7.11 Å². The van der Waals surface area contributed by atoms with Crippen molar-refractivity contribution in [3.05, 3.63) is 0 Å². The van der Waals surface area contributed by atoms with Crippen LogP contribution in [0.2, 0.25) is 13.1 Å². The van der Waals surface area contributed by atoms with Crippen LogP contribution in [-0.4, -0.2) is 197 Å². The van der Waals surface area contributed by atoms with Crippen LogP contribution in [-0.2, 0) is 72.0 Å². The van der Waals surface area contributed by atoms with Crippen LogP contribution in [0.15, 0.2) is 0 Å². The van der Waals surface area contributed by atoms with Gasteiger partial charge in [0.25, 0.3) is 0 Å². The van der Waals surface area contributed by atoms with Crippen molar-refractivity contribution in [2.45, 2.75) is 91.3 Å². The fourth-order valence-electron chi connectivity index (χ4n) is 1.83. The molecule has 0 rings (SSSR count). The summed E-state index contributed by atoms with van der Waals surface area (Å²) >= 11 is 0. The summed E-state index contributed by atoms with van der Waals surface area (Å²) in [6.07, 6.45) is 0. The van der Waals surface area contributed by atoms with Gasteiger partial charge < -0.3 is 83.9 Å². The third-order valence-electron chi connectivity index (χ3n) is 3.86. The monoisotopic (exact) mass is 1000 g/mol. The third kappa shape index (κ3) is 103. The first-order valence-corrected chi connectivity index (χ1v) is 26.0. The predicted molar refractivity (Wildman–Crippen MR) is 244 cm³/mol. The molecule has 0 unspecified atom stereocenters. The maximum absolute atomic E-state index is 12.5. The Morgan fingerprint density at radius 1 is 0.525 bits per heavy atom. The molecule has 0 aromatic heterocycles. The highest BCUT2D eigenvalue weighted by Crippen LogP contribution is 2.11. The van der Waals surface area contributed by atoms with E-state index in [2.05, 4.69) is 41.1 Å². The van der Waals surface area contributed by atoms with Crippen LogP contribution in [0, 0.1) is 0 Å². The van der Waals surface area contributed by atoms with Crippen molar-refractivity contribution in [1.29, 1.82) is 0 Å². The summed E-state index contributed by atoms with van der Waals surface area (Å²) in [5.41, 5.74) is 0. The fourth-order valence-corrected chi connectivity index (χ4v) is 5.49. The Morgan fingerprint density at radius 3 is 0.831 bits per heavy atom. The van der Waals surface area contributed by atoms with Crippen LogP contribution in [0.5, 0.6) is 0 Å². The first-order chi connectivity index (χ1) is 24.6. The Kier molecular flexibility index (Phi) is 155. The largest absolute Gasteiger partial charge is 0.719 e. The van der Waals surface area contributed by atoms with Gasteiger partial charge >= 0.3 is 56.3 Å². The van der Waals surface area contributed by atoms with Gasteiger partial charge in [-0.05, 0) is 55.0 Å². The van der Waals surface area contributed by atoms with E-state index in [4.69, 9.17) is 50.8 Å². The minimum absolute atomic E-state index is 0. The maximum Gasteiger partial charge on any atom is 0.719 e. The molecule has 30 heteroatoms. The molecule has 0 bridgehead atoms. The molecule has 0 saturated heterocycles. The summed E-state index contributed by atoms with van der Waals surface area (Å²) in [5.74, 6) is 0. The van der Waals surface area contributed by atoms with Gasteiger partial charge in [0.2, 0.25) is 0 Å². The van der Waals surface area contributed by atoms with Gasteiger partial charge in [0, 0.05) is 104 Å². The van der Waals surface area contributed by atoms with Gasteiger partial charge in [-0.25, -0.2) is 13.9 Å². The smallest absolute Gasteiger partial charge is 0.413 e. The molecule has 0 aromatic rings. The van der Waals surface area contributed by atoms with Crippen molar-refractivity contribution >= 4 is 56.3 Å². The lowest BCUT2D eigenvalue weighted by Crippen LogP contribution is -2.49. The van der Waals surface area contributed by atoms with Crippen molar-refractivity contribution in [3.8, 4) is 0 Å². The number of rotatable bonds is 22. The van der Waals surface area contributed by atoms with Crippen molar-refractivity contribution < 1.29 is 112 Å². The van der Waals surface area contributed by atoms with E-state index >= 15 is 0 Å². The summed E-state index contributed by atoms with van der Waals surface area (Å²) < 4.78 is 80.1. The SMILES string of the molecule is C.C.C.C.CCO.CCOO[SiH2]OOCC.CCO[Si](OCC)(OCC)OCC.CO.CO[SiH2]OC.CO[Si](C)(OC)OC.CO[Si](F)(OC)OC.C[SiH](O)O.F.O.O. The number of hydrogen-bond acceptors (Lipinski definition) is 20. The van der Waals surface area contributed by atoms with Gasteiger partial charge in [0.1, 0.15) is 0 Å². The number of hydrogen-bond donors (Lipinski definition) is 4. The number of aliphatic hydroxyl groups excluding tert-OH is 2. The van der Waals surface area contributed by atoms with Crippen LogP contribution < -0.4 is 0 Å². The highest BCUT2D eigenvalue weighted by atomic mass is 28.4. The summed E-state index contributed by atoms with van der Waals surface area (Å²) in [6.45, 7) is 19.7. The first kappa shape index (κ1) is 103. The number of aliphatic hydroxyl groups is 2. The van der Waals surface area contributed by atoms with Crippen molar-refractivity contribution in [3.63, 3.8) is 0 Å². The predicted octanol–water partition coefficient (Wildman–Crippen LogP) is 1.07. The second kappa shape index (κ2) is 89.3. The van der Waals surface area contributed by atoms with Crippen molar-refractivity contribution in [2.24, 2.45) is 0 Å². The summed E-state index contributed by atoms with van der Waals surface area (Å²) in [4.78, 5) is 24.6. The fraction of sp³-hybridized carbons (Fsp3) is 1.00. The Balaban J connectivity index is -0.0000000297. The van der Waals surface area contributed by atoms with Crippen LogP contribution in [0.3, 0.4) is 0 Å². The van der Waals surface area contributed by atoms with Gasteiger partial charge in [0.15, 0.2) is 0 Å². The van der Waals surface area contributed by atoms with Crippen molar-refractivity contribution in [2.75, 3.05) is 110 Å². The maximum atomic E-state index is 12.5. The second-order valence-corrected chi connectivity index (χ2v) is 18.3. The van der Waals surface area contributed by atoms with E-state index in [9.17, 15) is 4.11 Å². The van der Waals surface area contributed by atoms with Gasteiger partial charge in [0.05, 0.1) is 13.2 Å². The molecule has 0 aromatic carbocycles. The normalized spacial score (nSPS) is 9.15. The summed E-state index contributed by atoms with van der Waals surface area (Å²) in [5, 5.41) is 14.6. The van der Waals surface area contributed by atoms with Gasteiger partial charge in [-0.1, -0.05) is 29.7 Å². The molecule has 0 radical (unpaired) electrons. The lowest BCUT2D eigenvalue weighted by molar-refractivity contribution is -0.269. The van der Waals surface area contributed by atoms with E-state index in [1.807, 2.05) is 48.1 Å². The van der Waals surface area contributed by atoms with Crippen LogP contribution in [0.25, 0.3) is 0 Å². The molecule has 0 aliphatic heterocycles. The lowest BCUT2D eigenvalue weighted by atomic mass is 10.9. The van der Waals surface area contributed by atoms with Gasteiger partial charge in [-0.15, -0.1) is 0 Å². The number of halogens is 2. The topological polar surface area (TPSA) is 292 Å². The van der Waals surface area contributed by atoms with E-state index in [-0.39, 0.29) is 52.0 Å². The molecule has 22 nitrogen and oxygen atoms in total. The molecule has 0 heterocycles. The minimum Gasteiger partial charge on any atom is -0.413 e. The van der Waals surface area contributed by atoms with Gasteiger partial charge in [-0.2, -0.15) is 0 Å². The van der Waals surface area contributed by atoms with E-state index in [1.54, 1.807) is 42.5 Å². The zero-order valence-corrected chi connectivity index (χ0v) is 43.5. The second-order valence-electron chi connectivity index (χ2n) is 7.61. The average molecular weight is 1010 g/mol. The van der Waals surface area contributed by atoms with Crippen molar-refractivity contribution in [1.82, 2.24) is 0 Å². The quantitative estimate of drug-likeness (QED) is 0.0388. The summed E-state index contributed by atoms with van der Waals surface area (Å²) in [7, 11) is 0.267. The molecule has 384 valence electrons. The highest BCUT2D eigenvalue weighted by molar-refractivity contribution is 6.59. The molecule has 0 fully saturated rings. The van der Waals surface area contributed by atoms with Gasteiger partial charge in [-0.3, -0.25) is 13.9 Å². The Labute approximate surface area is 368 Å². The highest BCUT2D eigenvalue weighted by Gasteiger charge is 2.44. The average Bonchev–Trinajstić information content (AvgIpc) is 3.14. The van der Waals surface area contributed by atoms with Crippen LogP contribution in [0.4, 0.5) is 8.81 Å². The molecular formula is C29H98F2O22Si6. The Morgan fingerprint density at radius 2 is 0.746 bits per heavy atom. The van der Waals surface area contributed by atoms with E-state index < -0.39 is 56.3 Å². The first-order valence-electron chi connectivity index (χ1n) is 16.0. The Hall–Kier alpha value is 0.281. The minimum atomic E-state index is -3.67. The molecule has 0 spiro atoms. The van der Waals surface area contributed by atoms with Crippen LogP contribution in [0.1, 0.15) is 78.2 Å². The molecule has 0 saturated carbocycles. The molecule has 0 aliphatic carbocycles. The molecule has 0 aliphatic rings. The zero-order valence-electron chi connectivity index (χ0n) is 36.5. The molecule has 8 N–H and O–H groups in total. The van der Waals surface area contributed by atoms with E-state index in [0.29, 0.717) is 39.6 Å². The molecule has 59 heavy (non-hydrogen) atoms. The molecule has 0 atom stereocenters. The van der Waals surface area contributed by atoms with Crippen LogP contribution >= 0.6 is 0 Å². The standard InChI is InChI=1S/C8H20O4Si.C4H12O4Si.C4H12O3Si.C3H9FO3Si.C2H8O2Si.C2H6O.CH6O2Si.CH4O.4CH4.FH.2H2O/c1-5-9-13(10-6-2,11-7-3)12-8-4;1-3-5-7-9-8-6-4-2;2*1-5-8(4,6-2)7-3;1-3-5-4-2;1-2-3;1-4(2)3;1-2;;;;;;;/h5-8H2,1-4H3;3-4,9H2,1-2H3;1-4H3;1-3H3;5H2,1-2H3;3H,2H2,1H3;2-4H,1H3;2H,1H3;4*1H4;1H;2*1H2. The third-order valence-corrected chi connectivity index (χ3v) is 11.1. The zero-order chi connectivity index (χ0) is 42.8. The molecular weight excluding hydrogens is 907 g/mol. The summed E-state index contributed by atoms with van der Waals surface area (Å²) in [6, 6.07) is 0. The Bertz CT molecular complexity index is 508. The van der Waals surface area contributed by atoms with E-state index in [1.165, 1.54) is 27.9 Å². The molecule has 0 amide bonds. The lowest BCUT2D eigenvalue weighted by Gasteiger charge is -2.26.